The molecule has 3 heteroatoms. The van der Waals surface area contributed by atoms with E-state index in [1.54, 1.807) is 0 Å². The summed E-state index contributed by atoms with van der Waals surface area (Å²) >= 11 is 0. The van der Waals surface area contributed by atoms with E-state index in [2.05, 4.69) is 17.3 Å². The third-order valence-electron chi connectivity index (χ3n) is 1.91. The van der Waals surface area contributed by atoms with Crippen molar-refractivity contribution in [2.45, 2.75) is 19.9 Å². The zero-order chi connectivity index (χ0) is 6.97. The molecule has 0 bridgehead atoms. The van der Waals surface area contributed by atoms with E-state index in [-0.39, 0.29) is 0 Å². The van der Waals surface area contributed by atoms with Crippen molar-refractivity contribution in [3.8, 4) is 0 Å². The maximum Gasteiger partial charge on any atom is 0.127 e. The van der Waals surface area contributed by atoms with Gasteiger partial charge >= 0.3 is 0 Å². The Hall–Kier alpha value is -0.990. The molecule has 3 nitrogen and oxygen atoms in total. The van der Waals surface area contributed by atoms with Crippen LogP contribution in [0.25, 0.3) is 0 Å². The van der Waals surface area contributed by atoms with E-state index in [4.69, 9.17) is 0 Å². The number of hydrogen-bond acceptors (Lipinski definition) is 2. The maximum absolute atomic E-state index is 4.22. The van der Waals surface area contributed by atoms with Gasteiger partial charge in [0.25, 0.3) is 0 Å². The summed E-state index contributed by atoms with van der Waals surface area (Å²) in [6, 6.07) is 0. The third-order valence-corrected chi connectivity index (χ3v) is 1.91. The Bertz CT molecular complexity index is 239. The SMILES string of the molecule is CCc1cnn2c1NCC2. The van der Waals surface area contributed by atoms with E-state index >= 15 is 0 Å². The van der Waals surface area contributed by atoms with Gasteiger partial charge in [0, 0.05) is 12.1 Å². The van der Waals surface area contributed by atoms with E-state index in [0.717, 1.165) is 19.5 Å². The summed E-state index contributed by atoms with van der Waals surface area (Å²) in [7, 11) is 0. The molecule has 54 valence electrons. The van der Waals surface area contributed by atoms with E-state index in [0.29, 0.717) is 0 Å². The number of nitrogens with one attached hydrogen (secondary N) is 1. The topological polar surface area (TPSA) is 29.9 Å². The largest absolute Gasteiger partial charge is 0.368 e. The Morgan fingerprint density at radius 1 is 1.80 bits per heavy atom. The monoisotopic (exact) mass is 137 g/mol. The average molecular weight is 137 g/mol. The molecule has 0 amide bonds. The predicted molar refractivity (Wildman–Crippen MR) is 40.1 cm³/mol. The standard InChI is InChI=1S/C7H11N3/c1-2-6-5-9-10-4-3-8-7(6)10/h5,8H,2-4H2,1H3. The number of hydrogen-bond donors (Lipinski definition) is 1. The quantitative estimate of drug-likeness (QED) is 0.622. The fraction of sp³-hybridized carbons (Fsp3) is 0.571. The fourth-order valence-corrected chi connectivity index (χ4v) is 1.34. The molecule has 1 aromatic rings. The first-order chi connectivity index (χ1) is 4.92. The zero-order valence-corrected chi connectivity index (χ0v) is 6.09. The first kappa shape index (κ1) is 5.77. The second kappa shape index (κ2) is 2.01. The van der Waals surface area contributed by atoms with E-state index < -0.39 is 0 Å². The van der Waals surface area contributed by atoms with Crippen molar-refractivity contribution in [2.75, 3.05) is 11.9 Å². The molecular weight excluding hydrogens is 126 g/mol. The van der Waals surface area contributed by atoms with Crippen molar-refractivity contribution in [2.24, 2.45) is 0 Å². The minimum Gasteiger partial charge on any atom is -0.368 e. The van der Waals surface area contributed by atoms with Gasteiger partial charge in [0.1, 0.15) is 5.82 Å². The number of anilines is 1. The molecule has 0 atom stereocenters. The summed E-state index contributed by atoms with van der Waals surface area (Å²) in [5.74, 6) is 1.22. The van der Waals surface area contributed by atoms with Crippen LogP contribution in [0.1, 0.15) is 12.5 Å². The first-order valence-corrected chi connectivity index (χ1v) is 3.70. The number of nitrogens with zero attached hydrogens (tertiary/aromatic N) is 2. The van der Waals surface area contributed by atoms with Gasteiger partial charge in [-0.1, -0.05) is 6.92 Å². The summed E-state index contributed by atoms with van der Waals surface area (Å²) in [6.45, 7) is 4.21. The number of rotatable bonds is 1. The summed E-state index contributed by atoms with van der Waals surface area (Å²) in [4.78, 5) is 0. The van der Waals surface area contributed by atoms with Crippen LogP contribution in [-0.2, 0) is 13.0 Å². The molecule has 2 rings (SSSR count). The summed E-state index contributed by atoms with van der Waals surface area (Å²) in [6.07, 6.45) is 3.02. The predicted octanol–water partition coefficient (Wildman–Crippen LogP) is 0.871. The second-order valence-corrected chi connectivity index (χ2v) is 2.52. The highest BCUT2D eigenvalue weighted by molar-refractivity contribution is 5.46. The van der Waals surface area contributed by atoms with Crippen LogP contribution in [0, 0.1) is 0 Å². The second-order valence-electron chi connectivity index (χ2n) is 2.52. The van der Waals surface area contributed by atoms with Gasteiger partial charge in [-0.05, 0) is 6.42 Å². The molecule has 0 aliphatic carbocycles. The Morgan fingerprint density at radius 3 is 3.50 bits per heavy atom. The van der Waals surface area contributed by atoms with Crippen LogP contribution in [0.3, 0.4) is 0 Å². The van der Waals surface area contributed by atoms with Crippen LogP contribution >= 0.6 is 0 Å². The molecule has 1 aromatic heterocycles. The molecular formula is C7H11N3. The molecule has 0 saturated heterocycles. The minimum absolute atomic E-state index is 1.02. The molecule has 0 spiro atoms. The lowest BCUT2D eigenvalue weighted by Crippen LogP contribution is -1.95. The number of fused-ring (bicyclic) bond motifs is 1. The van der Waals surface area contributed by atoms with Crippen molar-refractivity contribution >= 4 is 5.82 Å². The zero-order valence-electron chi connectivity index (χ0n) is 6.09. The molecule has 0 fully saturated rings. The molecule has 2 heterocycles. The summed E-state index contributed by atoms with van der Waals surface area (Å²) in [5, 5.41) is 7.52. The van der Waals surface area contributed by atoms with Crippen molar-refractivity contribution in [1.82, 2.24) is 9.78 Å². The summed E-state index contributed by atoms with van der Waals surface area (Å²) < 4.78 is 2.03. The first-order valence-electron chi connectivity index (χ1n) is 3.70. The molecule has 0 radical (unpaired) electrons. The Morgan fingerprint density at radius 2 is 2.70 bits per heavy atom. The van der Waals surface area contributed by atoms with E-state index in [9.17, 15) is 0 Å². The molecule has 0 aromatic carbocycles. The maximum atomic E-state index is 4.22. The summed E-state index contributed by atoms with van der Waals surface area (Å²) in [5.41, 5.74) is 1.33. The number of aromatic nitrogens is 2. The van der Waals surface area contributed by atoms with Crippen LogP contribution in [0.15, 0.2) is 6.20 Å². The Balaban J connectivity index is 2.44. The minimum atomic E-state index is 1.02. The molecule has 1 aliphatic heterocycles. The normalized spacial score (nSPS) is 14.9. The van der Waals surface area contributed by atoms with Crippen LogP contribution < -0.4 is 5.32 Å². The number of aryl methyl sites for hydroxylation is 1. The Labute approximate surface area is 60.0 Å². The average Bonchev–Trinajstić information content (AvgIpc) is 2.44. The molecule has 10 heavy (non-hydrogen) atoms. The van der Waals surface area contributed by atoms with Crippen molar-refractivity contribution in [3.63, 3.8) is 0 Å². The Kier molecular flexibility index (Phi) is 1.16. The van der Waals surface area contributed by atoms with Crippen LogP contribution in [0.2, 0.25) is 0 Å². The van der Waals surface area contributed by atoms with Crippen LogP contribution in [0.5, 0.6) is 0 Å². The van der Waals surface area contributed by atoms with Crippen molar-refractivity contribution in [1.29, 1.82) is 0 Å². The van der Waals surface area contributed by atoms with Gasteiger partial charge in [-0.15, -0.1) is 0 Å². The van der Waals surface area contributed by atoms with Crippen molar-refractivity contribution in [3.05, 3.63) is 11.8 Å². The molecule has 0 saturated carbocycles. The van der Waals surface area contributed by atoms with E-state index in [1.807, 2.05) is 10.9 Å². The molecule has 1 N–H and O–H groups in total. The smallest absolute Gasteiger partial charge is 0.127 e. The van der Waals surface area contributed by atoms with Crippen LogP contribution in [-0.4, -0.2) is 16.3 Å². The van der Waals surface area contributed by atoms with Gasteiger partial charge in [0.2, 0.25) is 0 Å². The van der Waals surface area contributed by atoms with Gasteiger partial charge in [0.15, 0.2) is 0 Å². The lowest BCUT2D eigenvalue weighted by molar-refractivity contribution is 0.696. The van der Waals surface area contributed by atoms with Crippen molar-refractivity contribution < 1.29 is 0 Å². The van der Waals surface area contributed by atoms with Gasteiger partial charge in [-0.25, -0.2) is 4.68 Å². The lowest BCUT2D eigenvalue weighted by Gasteiger charge is -1.95. The highest BCUT2D eigenvalue weighted by Crippen LogP contribution is 2.18. The van der Waals surface area contributed by atoms with Crippen LogP contribution in [0.4, 0.5) is 5.82 Å². The fourth-order valence-electron chi connectivity index (χ4n) is 1.34. The van der Waals surface area contributed by atoms with Gasteiger partial charge < -0.3 is 5.32 Å². The van der Waals surface area contributed by atoms with Gasteiger partial charge in [-0.2, -0.15) is 5.10 Å². The molecule has 0 unspecified atom stereocenters. The van der Waals surface area contributed by atoms with Gasteiger partial charge in [0.05, 0.1) is 12.7 Å². The third kappa shape index (κ3) is 0.632. The highest BCUT2D eigenvalue weighted by Gasteiger charge is 2.13. The highest BCUT2D eigenvalue weighted by atomic mass is 15.4. The lowest BCUT2D eigenvalue weighted by atomic mass is 10.2. The van der Waals surface area contributed by atoms with E-state index in [1.165, 1.54) is 11.4 Å². The molecule has 1 aliphatic rings. The van der Waals surface area contributed by atoms with Gasteiger partial charge in [-0.3, -0.25) is 0 Å².